The molecule has 1 N–H and O–H groups in total. The molecule has 0 fully saturated rings. The highest BCUT2D eigenvalue weighted by Gasteiger charge is 2.36. The van der Waals surface area contributed by atoms with Crippen molar-refractivity contribution in [2.45, 2.75) is 37.4 Å². The van der Waals surface area contributed by atoms with Gasteiger partial charge in [0.15, 0.2) is 5.16 Å². The van der Waals surface area contributed by atoms with Crippen LogP contribution in [-0.4, -0.2) is 25.6 Å². The molecule has 2 aromatic carbocycles. The van der Waals surface area contributed by atoms with Crippen molar-refractivity contribution >= 4 is 29.0 Å². The number of imidazole rings is 1. The van der Waals surface area contributed by atoms with Crippen LogP contribution in [0.1, 0.15) is 23.6 Å². The van der Waals surface area contributed by atoms with Gasteiger partial charge in [-0.25, -0.2) is 4.98 Å². The van der Waals surface area contributed by atoms with Crippen LogP contribution >= 0.6 is 11.8 Å². The van der Waals surface area contributed by atoms with Gasteiger partial charge in [0.2, 0.25) is 5.91 Å². The van der Waals surface area contributed by atoms with Gasteiger partial charge in [-0.1, -0.05) is 23.9 Å². The summed E-state index contributed by atoms with van der Waals surface area (Å²) in [4.78, 5) is 26.8. The number of nitro groups is 1. The molecule has 3 aromatic rings. The Kier molecular flexibility index (Phi) is 6.58. The van der Waals surface area contributed by atoms with Crippen LogP contribution < -0.4 is 5.32 Å². The molecule has 1 amide bonds. The quantitative estimate of drug-likeness (QED) is 0.294. The smallest absolute Gasteiger partial charge is 0.325 e. The summed E-state index contributed by atoms with van der Waals surface area (Å²) in [5, 5.41) is 12.8. The van der Waals surface area contributed by atoms with Gasteiger partial charge in [0.1, 0.15) is 0 Å². The summed E-state index contributed by atoms with van der Waals surface area (Å²) >= 11 is 1.09. The summed E-state index contributed by atoms with van der Waals surface area (Å²) in [5.74, 6) is -0.690. The third-order valence-corrected chi connectivity index (χ3v) is 5.95. The third kappa shape index (κ3) is 4.93. The Morgan fingerprint density at radius 1 is 1.25 bits per heavy atom. The fourth-order valence-electron chi connectivity index (χ4n) is 2.99. The van der Waals surface area contributed by atoms with Crippen molar-refractivity contribution < 1.29 is 22.9 Å². The summed E-state index contributed by atoms with van der Waals surface area (Å²) in [7, 11) is 0. The Labute approximate surface area is 185 Å². The monoisotopic (exact) mass is 464 g/mol. The second-order valence-electron chi connectivity index (χ2n) is 7.03. The molecule has 0 saturated heterocycles. The fourth-order valence-corrected chi connectivity index (χ4v) is 3.87. The third-order valence-electron chi connectivity index (χ3n) is 4.87. The normalized spacial score (nSPS) is 12.4. The SMILES string of the molecule is Cc1cccc(-n2ccnc2SC(C)C(=O)Nc2ccc([N+](=O)[O-])cc2C(F)(F)F)c1C. The Hall–Kier alpha value is -3.34. The van der Waals surface area contributed by atoms with Gasteiger partial charge in [-0.3, -0.25) is 19.5 Å². The van der Waals surface area contributed by atoms with Crippen molar-refractivity contribution in [2.24, 2.45) is 0 Å². The van der Waals surface area contributed by atoms with E-state index in [-0.39, 0.29) is 0 Å². The second-order valence-corrected chi connectivity index (χ2v) is 8.34. The van der Waals surface area contributed by atoms with Crippen LogP contribution in [0, 0.1) is 24.0 Å². The van der Waals surface area contributed by atoms with Crippen molar-refractivity contribution in [2.75, 3.05) is 5.32 Å². The minimum Gasteiger partial charge on any atom is -0.325 e. The number of aromatic nitrogens is 2. The number of nitrogens with one attached hydrogen (secondary N) is 1. The molecule has 11 heteroatoms. The maximum absolute atomic E-state index is 13.4. The number of rotatable bonds is 6. The number of aryl methyl sites for hydroxylation is 1. The highest BCUT2D eigenvalue weighted by Crippen LogP contribution is 2.37. The molecule has 0 saturated carbocycles. The maximum atomic E-state index is 13.4. The molecule has 1 heterocycles. The minimum absolute atomic E-state index is 0.403. The van der Waals surface area contributed by atoms with Crippen molar-refractivity contribution in [3.63, 3.8) is 0 Å². The molecule has 0 aliphatic rings. The summed E-state index contributed by atoms with van der Waals surface area (Å²) in [5.41, 5.74) is 0.453. The molecule has 0 spiro atoms. The largest absolute Gasteiger partial charge is 0.418 e. The number of hydrogen-bond acceptors (Lipinski definition) is 5. The van der Waals surface area contributed by atoms with E-state index in [9.17, 15) is 28.1 Å². The molecule has 0 aliphatic heterocycles. The maximum Gasteiger partial charge on any atom is 0.418 e. The van der Waals surface area contributed by atoms with Crippen molar-refractivity contribution in [1.29, 1.82) is 0 Å². The van der Waals surface area contributed by atoms with Gasteiger partial charge in [-0.05, 0) is 44.0 Å². The molecule has 1 atom stereocenters. The first kappa shape index (κ1) is 23.3. The first-order chi connectivity index (χ1) is 15.0. The lowest BCUT2D eigenvalue weighted by atomic mass is 10.1. The van der Waals surface area contributed by atoms with Gasteiger partial charge in [0.05, 0.1) is 27.1 Å². The minimum atomic E-state index is -4.87. The number of carbonyl (C=O) groups is 1. The molecule has 7 nitrogen and oxygen atoms in total. The lowest BCUT2D eigenvalue weighted by Crippen LogP contribution is -2.24. The van der Waals surface area contributed by atoms with E-state index in [0.717, 1.165) is 40.7 Å². The number of alkyl halides is 3. The Morgan fingerprint density at radius 2 is 1.97 bits per heavy atom. The molecule has 0 radical (unpaired) electrons. The van der Waals surface area contributed by atoms with Crippen LogP contribution in [0.2, 0.25) is 0 Å². The van der Waals surface area contributed by atoms with Crippen LogP contribution in [0.3, 0.4) is 0 Å². The van der Waals surface area contributed by atoms with Gasteiger partial charge in [0.25, 0.3) is 5.69 Å². The average molecular weight is 464 g/mol. The van der Waals surface area contributed by atoms with Crippen LogP contribution in [0.5, 0.6) is 0 Å². The molecule has 0 aliphatic carbocycles. The molecule has 1 unspecified atom stereocenters. The van der Waals surface area contributed by atoms with E-state index in [4.69, 9.17) is 0 Å². The number of carbonyl (C=O) groups excluding carboxylic acids is 1. The standard InChI is InChI=1S/C21H19F3N4O3S/c1-12-5-4-6-18(13(12)2)27-10-9-25-20(27)32-14(3)19(29)26-17-8-7-15(28(30)31)11-16(17)21(22,23)24/h4-11,14H,1-3H3,(H,26,29). The zero-order valence-corrected chi connectivity index (χ0v) is 18.1. The zero-order valence-electron chi connectivity index (χ0n) is 17.3. The number of hydrogen-bond donors (Lipinski definition) is 1. The lowest BCUT2D eigenvalue weighted by molar-refractivity contribution is -0.385. The first-order valence-corrected chi connectivity index (χ1v) is 10.3. The number of halogens is 3. The molecule has 32 heavy (non-hydrogen) atoms. The van der Waals surface area contributed by atoms with E-state index in [0.29, 0.717) is 11.2 Å². The van der Waals surface area contributed by atoms with E-state index in [1.807, 2.05) is 36.6 Å². The summed E-state index contributed by atoms with van der Waals surface area (Å²) in [6.45, 7) is 5.48. The van der Waals surface area contributed by atoms with Gasteiger partial charge >= 0.3 is 6.18 Å². The highest BCUT2D eigenvalue weighted by atomic mass is 32.2. The van der Waals surface area contributed by atoms with Crippen molar-refractivity contribution in [1.82, 2.24) is 9.55 Å². The number of thioether (sulfide) groups is 1. The number of benzene rings is 2. The van der Waals surface area contributed by atoms with E-state index in [1.54, 1.807) is 19.3 Å². The molecule has 168 valence electrons. The Balaban J connectivity index is 1.82. The number of nitrogens with zero attached hydrogens (tertiary/aromatic N) is 3. The van der Waals surface area contributed by atoms with Gasteiger partial charge in [0, 0.05) is 24.5 Å². The second kappa shape index (κ2) is 9.03. The van der Waals surface area contributed by atoms with Crippen molar-refractivity contribution in [3.8, 4) is 5.69 Å². The molecular formula is C21H19F3N4O3S. The van der Waals surface area contributed by atoms with Crippen LogP contribution in [-0.2, 0) is 11.0 Å². The van der Waals surface area contributed by atoms with Gasteiger partial charge < -0.3 is 5.32 Å². The first-order valence-electron chi connectivity index (χ1n) is 9.42. The van der Waals surface area contributed by atoms with E-state index in [2.05, 4.69) is 10.3 Å². The molecule has 1 aromatic heterocycles. The Morgan fingerprint density at radius 3 is 2.62 bits per heavy atom. The summed E-state index contributed by atoms with van der Waals surface area (Å²) in [6, 6.07) is 7.98. The predicted molar refractivity (Wildman–Crippen MR) is 115 cm³/mol. The average Bonchev–Trinajstić information content (AvgIpc) is 3.17. The number of anilines is 1. The number of nitro benzene ring substituents is 1. The van der Waals surface area contributed by atoms with E-state index < -0.39 is 39.2 Å². The van der Waals surface area contributed by atoms with Crippen molar-refractivity contribution in [3.05, 3.63) is 75.6 Å². The van der Waals surface area contributed by atoms with Crippen LogP contribution in [0.4, 0.5) is 24.5 Å². The van der Waals surface area contributed by atoms with Gasteiger partial charge in [-0.2, -0.15) is 13.2 Å². The highest BCUT2D eigenvalue weighted by molar-refractivity contribution is 8.00. The van der Waals surface area contributed by atoms with Gasteiger partial charge in [-0.15, -0.1) is 0 Å². The van der Waals surface area contributed by atoms with E-state index >= 15 is 0 Å². The zero-order chi connectivity index (χ0) is 23.6. The van der Waals surface area contributed by atoms with E-state index in [1.165, 1.54) is 0 Å². The predicted octanol–water partition coefficient (Wildman–Crippen LogP) is 5.54. The summed E-state index contributed by atoms with van der Waals surface area (Å²) < 4.78 is 41.9. The topological polar surface area (TPSA) is 90.1 Å². The van der Waals surface area contributed by atoms with Crippen LogP contribution in [0.15, 0.2) is 53.9 Å². The van der Waals surface area contributed by atoms with Crippen LogP contribution in [0.25, 0.3) is 5.69 Å². The number of amides is 1. The lowest BCUT2D eigenvalue weighted by Gasteiger charge is -2.17. The number of non-ortho nitro benzene ring substituents is 1. The fraction of sp³-hybridized carbons (Fsp3) is 0.238. The Bertz CT molecular complexity index is 1180. The molecule has 3 rings (SSSR count). The molecular weight excluding hydrogens is 445 g/mol. The molecule has 0 bridgehead atoms. The summed E-state index contributed by atoms with van der Waals surface area (Å²) in [6.07, 6.45) is -1.55.